The van der Waals surface area contributed by atoms with E-state index in [1.807, 2.05) is 17.9 Å². The van der Waals surface area contributed by atoms with Gasteiger partial charge in [-0.1, -0.05) is 0 Å². The number of thiophene rings is 1. The maximum absolute atomic E-state index is 12.4. The fraction of sp³-hybridized carbons (Fsp3) is 0.583. The monoisotopic (exact) mass is 394 g/mol. The second-order valence-corrected chi connectivity index (χ2v) is 8.50. The lowest BCUT2D eigenvalue weighted by atomic mass is 9.92. The van der Waals surface area contributed by atoms with Crippen LogP contribution in [0.15, 0.2) is 13.6 Å². The zero-order valence-corrected chi connectivity index (χ0v) is 14.1. The summed E-state index contributed by atoms with van der Waals surface area (Å²) in [5, 5.41) is 0. The lowest BCUT2D eigenvalue weighted by Crippen LogP contribution is -2.45. The summed E-state index contributed by atoms with van der Waals surface area (Å²) in [7, 11) is 0. The minimum Gasteiger partial charge on any atom is -0.338 e. The number of amides is 1. The summed E-state index contributed by atoms with van der Waals surface area (Å²) in [5.74, 6) is 0.526. The van der Waals surface area contributed by atoms with Gasteiger partial charge in [0.25, 0.3) is 5.91 Å². The summed E-state index contributed by atoms with van der Waals surface area (Å²) in [4.78, 5) is 14.4. The van der Waals surface area contributed by atoms with E-state index in [0.29, 0.717) is 5.92 Å². The van der Waals surface area contributed by atoms with Gasteiger partial charge in [-0.25, -0.2) is 0 Å². The summed E-state index contributed by atoms with van der Waals surface area (Å²) < 4.78 is 1.86. The van der Waals surface area contributed by atoms with Crippen LogP contribution in [0.3, 0.4) is 0 Å². The number of piperidine rings is 1. The summed E-state index contributed by atoms with van der Waals surface area (Å²) in [6.45, 7) is 3.63. The van der Waals surface area contributed by atoms with Crippen molar-refractivity contribution < 1.29 is 4.79 Å². The van der Waals surface area contributed by atoms with Crippen molar-refractivity contribution in [3.8, 4) is 0 Å². The van der Waals surface area contributed by atoms with Crippen molar-refractivity contribution >= 4 is 49.1 Å². The Morgan fingerprint density at radius 2 is 2.33 bits per heavy atom. The van der Waals surface area contributed by atoms with Crippen LogP contribution in [0, 0.1) is 5.92 Å². The first-order valence-corrected chi connectivity index (χ1v) is 8.39. The Kier molecular flexibility index (Phi) is 4.86. The maximum atomic E-state index is 12.4. The largest absolute Gasteiger partial charge is 0.338 e. The van der Waals surface area contributed by atoms with E-state index in [9.17, 15) is 4.79 Å². The Morgan fingerprint density at radius 3 is 2.89 bits per heavy atom. The second kappa shape index (κ2) is 6.03. The van der Waals surface area contributed by atoms with E-state index >= 15 is 0 Å². The van der Waals surface area contributed by atoms with E-state index in [1.165, 1.54) is 11.3 Å². The molecule has 1 aliphatic heterocycles. The Labute approximate surface area is 128 Å². The molecule has 0 saturated carbocycles. The summed E-state index contributed by atoms with van der Waals surface area (Å²) >= 11 is 8.38. The number of carbonyl (C=O) groups is 1. The van der Waals surface area contributed by atoms with Gasteiger partial charge in [-0.05, 0) is 63.6 Å². The fourth-order valence-electron chi connectivity index (χ4n) is 2.28. The zero-order valence-electron chi connectivity index (χ0n) is 10.2. The highest BCUT2D eigenvalue weighted by Crippen LogP contribution is 2.33. The standard InChI is InChI=1S/C12H16Br2N2OS/c1-7(15)8-3-2-4-16(6-8)12(17)9-5-10(13)18-11(9)14/h5,7-8H,2-4,6,15H2,1H3. The number of likely N-dealkylation sites (tertiary alicyclic amines) is 1. The van der Waals surface area contributed by atoms with Gasteiger partial charge in [0, 0.05) is 19.1 Å². The van der Waals surface area contributed by atoms with E-state index in [-0.39, 0.29) is 11.9 Å². The van der Waals surface area contributed by atoms with E-state index in [4.69, 9.17) is 5.73 Å². The molecule has 2 heterocycles. The molecular formula is C12H16Br2N2OS. The van der Waals surface area contributed by atoms with Crippen LogP contribution in [0.4, 0.5) is 0 Å². The van der Waals surface area contributed by atoms with Crippen molar-refractivity contribution in [1.82, 2.24) is 4.90 Å². The smallest absolute Gasteiger partial charge is 0.255 e. The number of nitrogens with two attached hydrogens (primary N) is 1. The predicted molar refractivity (Wildman–Crippen MR) is 82.0 cm³/mol. The molecule has 2 unspecified atom stereocenters. The summed E-state index contributed by atoms with van der Waals surface area (Å²) in [6, 6.07) is 2.03. The Bertz CT molecular complexity index is 447. The van der Waals surface area contributed by atoms with Gasteiger partial charge in [-0.3, -0.25) is 4.79 Å². The highest BCUT2D eigenvalue weighted by molar-refractivity contribution is 9.12. The third kappa shape index (κ3) is 3.15. The average Bonchev–Trinajstić information content (AvgIpc) is 2.67. The fourth-order valence-corrected chi connectivity index (χ4v) is 5.06. The molecular weight excluding hydrogens is 380 g/mol. The van der Waals surface area contributed by atoms with Crippen LogP contribution >= 0.6 is 43.2 Å². The highest BCUT2D eigenvalue weighted by atomic mass is 79.9. The van der Waals surface area contributed by atoms with Crippen molar-refractivity contribution in [2.24, 2.45) is 11.7 Å². The van der Waals surface area contributed by atoms with Gasteiger partial charge >= 0.3 is 0 Å². The van der Waals surface area contributed by atoms with Crippen LogP contribution < -0.4 is 5.73 Å². The SMILES string of the molecule is CC(N)C1CCCN(C(=O)c2cc(Br)sc2Br)C1. The van der Waals surface area contributed by atoms with Crippen LogP contribution in [-0.4, -0.2) is 29.9 Å². The van der Waals surface area contributed by atoms with Crippen molar-refractivity contribution in [2.45, 2.75) is 25.8 Å². The first-order chi connectivity index (χ1) is 8.49. The van der Waals surface area contributed by atoms with E-state index < -0.39 is 0 Å². The second-order valence-electron chi connectivity index (χ2n) is 4.75. The summed E-state index contributed by atoms with van der Waals surface area (Å²) in [6.07, 6.45) is 2.16. The molecule has 0 bridgehead atoms. The van der Waals surface area contributed by atoms with Crippen LogP contribution in [0.25, 0.3) is 0 Å². The molecule has 0 radical (unpaired) electrons. The number of rotatable bonds is 2. The Balaban J connectivity index is 2.11. The van der Waals surface area contributed by atoms with Gasteiger partial charge in [-0.2, -0.15) is 0 Å². The van der Waals surface area contributed by atoms with Gasteiger partial charge in [-0.15, -0.1) is 11.3 Å². The Morgan fingerprint density at radius 1 is 1.61 bits per heavy atom. The Hall–Kier alpha value is 0.0900. The lowest BCUT2D eigenvalue weighted by Gasteiger charge is -2.34. The number of carbonyl (C=O) groups excluding carboxylic acids is 1. The maximum Gasteiger partial charge on any atom is 0.255 e. The predicted octanol–water partition coefficient (Wildman–Crippen LogP) is 3.47. The average molecular weight is 396 g/mol. The first kappa shape index (κ1) is 14.5. The van der Waals surface area contributed by atoms with E-state index in [0.717, 1.165) is 39.1 Å². The van der Waals surface area contributed by atoms with Crippen molar-refractivity contribution in [1.29, 1.82) is 0 Å². The molecule has 6 heteroatoms. The molecule has 1 amide bonds. The molecule has 2 rings (SSSR count). The number of hydrogen-bond acceptors (Lipinski definition) is 3. The topological polar surface area (TPSA) is 46.3 Å². The van der Waals surface area contributed by atoms with Crippen molar-refractivity contribution in [2.75, 3.05) is 13.1 Å². The molecule has 2 atom stereocenters. The van der Waals surface area contributed by atoms with Crippen molar-refractivity contribution in [3.05, 3.63) is 19.2 Å². The molecule has 2 N–H and O–H groups in total. The van der Waals surface area contributed by atoms with Gasteiger partial charge in [0.1, 0.15) is 0 Å². The van der Waals surface area contributed by atoms with Crippen molar-refractivity contribution in [3.63, 3.8) is 0 Å². The number of hydrogen-bond donors (Lipinski definition) is 1. The zero-order chi connectivity index (χ0) is 13.3. The van der Waals surface area contributed by atoms with Crippen LogP contribution in [0.1, 0.15) is 30.1 Å². The summed E-state index contributed by atoms with van der Waals surface area (Å²) in [5.41, 5.74) is 6.70. The molecule has 1 fully saturated rings. The van der Waals surface area contributed by atoms with E-state index in [2.05, 4.69) is 31.9 Å². The number of nitrogens with zero attached hydrogens (tertiary/aromatic N) is 1. The molecule has 18 heavy (non-hydrogen) atoms. The third-order valence-corrected chi connectivity index (χ3v) is 5.72. The van der Waals surface area contributed by atoms with Gasteiger partial charge in [0.15, 0.2) is 0 Å². The van der Waals surface area contributed by atoms with Gasteiger partial charge < -0.3 is 10.6 Å². The minimum atomic E-state index is 0.106. The lowest BCUT2D eigenvalue weighted by molar-refractivity contribution is 0.0660. The van der Waals surface area contributed by atoms with E-state index in [1.54, 1.807) is 0 Å². The molecule has 3 nitrogen and oxygen atoms in total. The molecule has 1 aliphatic rings. The number of halogens is 2. The molecule has 1 aromatic heterocycles. The first-order valence-electron chi connectivity index (χ1n) is 5.98. The van der Waals surface area contributed by atoms with Crippen LogP contribution in [-0.2, 0) is 0 Å². The van der Waals surface area contributed by atoms with Gasteiger partial charge in [0.2, 0.25) is 0 Å². The molecule has 100 valence electrons. The molecule has 1 saturated heterocycles. The molecule has 0 aliphatic carbocycles. The van der Waals surface area contributed by atoms with Gasteiger partial charge in [0.05, 0.1) is 13.1 Å². The third-order valence-electron chi connectivity index (χ3n) is 3.38. The quantitative estimate of drug-likeness (QED) is 0.833. The highest BCUT2D eigenvalue weighted by Gasteiger charge is 2.28. The minimum absolute atomic E-state index is 0.106. The normalized spacial score (nSPS) is 22.0. The molecule has 1 aromatic rings. The molecule has 0 aromatic carbocycles. The van der Waals surface area contributed by atoms with Crippen LogP contribution in [0.2, 0.25) is 0 Å². The van der Waals surface area contributed by atoms with Crippen LogP contribution in [0.5, 0.6) is 0 Å². The molecule has 0 spiro atoms.